The highest BCUT2D eigenvalue weighted by Crippen LogP contribution is 2.27. The number of para-hydroxylation sites is 1. The molecule has 31 heavy (non-hydrogen) atoms. The highest BCUT2D eigenvalue weighted by molar-refractivity contribution is 6.07. The van der Waals surface area contributed by atoms with Crippen molar-refractivity contribution in [2.24, 2.45) is 0 Å². The number of hydrogen-bond acceptors (Lipinski definition) is 7. The minimum Gasteiger partial charge on any atom is -0.508 e. The second-order valence-corrected chi connectivity index (χ2v) is 7.16. The molecule has 0 aliphatic heterocycles. The predicted octanol–water partition coefficient (Wildman–Crippen LogP) is 3.40. The molecule has 0 fully saturated rings. The molecule has 8 nitrogen and oxygen atoms in total. The quantitative estimate of drug-likeness (QED) is 0.448. The van der Waals surface area contributed by atoms with Gasteiger partial charge < -0.3 is 13.9 Å². The van der Waals surface area contributed by atoms with E-state index in [2.05, 4.69) is 5.10 Å². The fraction of sp³-hybridized carbons (Fsp3) is 0.130. The summed E-state index contributed by atoms with van der Waals surface area (Å²) < 4.78 is 11.8. The highest BCUT2D eigenvalue weighted by atomic mass is 16.4. The molecular formula is C23H16N2O6. The van der Waals surface area contributed by atoms with Crippen molar-refractivity contribution in [1.82, 2.24) is 9.78 Å². The molecule has 0 bridgehead atoms. The Morgan fingerprint density at radius 2 is 1.84 bits per heavy atom. The third kappa shape index (κ3) is 3.00. The van der Waals surface area contributed by atoms with Gasteiger partial charge in [0.2, 0.25) is 0 Å². The lowest BCUT2D eigenvalue weighted by molar-refractivity contribution is 0.0904. The third-order valence-electron chi connectivity index (χ3n) is 5.23. The number of carbonyl (C=O) groups is 1. The Morgan fingerprint density at radius 3 is 2.65 bits per heavy atom. The van der Waals surface area contributed by atoms with Crippen LogP contribution in [0.15, 0.2) is 67.0 Å². The van der Waals surface area contributed by atoms with Crippen LogP contribution in [-0.4, -0.2) is 20.8 Å². The van der Waals surface area contributed by atoms with Gasteiger partial charge in [-0.05, 0) is 36.2 Å². The van der Waals surface area contributed by atoms with Gasteiger partial charge >= 0.3 is 11.3 Å². The Kier molecular flexibility index (Phi) is 4.21. The van der Waals surface area contributed by atoms with E-state index in [9.17, 15) is 19.5 Å². The molecule has 154 valence electrons. The number of phenols is 1. The number of nitrogens with zero attached hydrogens (tertiary/aromatic N) is 2. The van der Waals surface area contributed by atoms with Crippen molar-refractivity contribution in [3.8, 4) is 5.75 Å². The summed E-state index contributed by atoms with van der Waals surface area (Å²) >= 11 is 0. The molecule has 0 aliphatic rings. The van der Waals surface area contributed by atoms with Crippen LogP contribution >= 0.6 is 0 Å². The molecule has 0 aliphatic carbocycles. The number of rotatable bonds is 3. The van der Waals surface area contributed by atoms with E-state index in [4.69, 9.17) is 8.83 Å². The molecule has 5 rings (SSSR count). The van der Waals surface area contributed by atoms with Crippen molar-refractivity contribution in [1.29, 1.82) is 0 Å². The van der Waals surface area contributed by atoms with Gasteiger partial charge in [-0.15, -0.1) is 0 Å². The molecule has 0 saturated carbocycles. The van der Waals surface area contributed by atoms with E-state index < -0.39 is 17.2 Å². The zero-order chi connectivity index (χ0) is 21.7. The van der Waals surface area contributed by atoms with Crippen LogP contribution in [-0.2, 0) is 12.8 Å². The van der Waals surface area contributed by atoms with Crippen LogP contribution < -0.4 is 11.3 Å². The van der Waals surface area contributed by atoms with E-state index in [1.165, 1.54) is 22.9 Å². The van der Waals surface area contributed by atoms with Gasteiger partial charge in [-0.2, -0.15) is 9.78 Å². The molecule has 0 radical (unpaired) electrons. The number of aryl methyl sites for hydroxylation is 1. The first kappa shape index (κ1) is 18.8. The first-order valence-corrected chi connectivity index (χ1v) is 9.68. The number of phenolic OH excluding ortho intramolecular Hbond substituents is 1. The Hall–Kier alpha value is -4.20. The minimum absolute atomic E-state index is 0.0528. The molecule has 1 N–H and O–H groups in total. The van der Waals surface area contributed by atoms with Crippen LogP contribution in [0.2, 0.25) is 0 Å². The molecule has 0 unspecified atom stereocenters. The number of carbonyl (C=O) groups excluding carboxylic acids is 1. The van der Waals surface area contributed by atoms with Gasteiger partial charge in [-0.1, -0.05) is 19.1 Å². The van der Waals surface area contributed by atoms with Gasteiger partial charge in [0.15, 0.2) is 0 Å². The van der Waals surface area contributed by atoms with E-state index in [-0.39, 0.29) is 23.1 Å². The third-order valence-corrected chi connectivity index (χ3v) is 5.23. The summed E-state index contributed by atoms with van der Waals surface area (Å²) in [6.45, 7) is 1.84. The van der Waals surface area contributed by atoms with E-state index in [0.29, 0.717) is 39.6 Å². The SMILES string of the molecule is CCc1nn(C(=O)Cc2cc(=O)oc3cc(O)ccc23)c2c1c(=O)oc1ccccc12. The van der Waals surface area contributed by atoms with E-state index >= 15 is 0 Å². The zero-order valence-electron chi connectivity index (χ0n) is 16.4. The van der Waals surface area contributed by atoms with Gasteiger partial charge in [0, 0.05) is 22.9 Å². The standard InChI is InChI=1S/C23H16N2O6/c1-2-16-21-22(15-5-3-4-6-17(15)31-23(21)29)25(24-16)19(27)9-12-10-20(28)30-18-11-13(26)7-8-14(12)18/h3-8,10-11,26H,2,9H2,1H3. The van der Waals surface area contributed by atoms with Crippen LogP contribution in [0.3, 0.4) is 0 Å². The molecule has 3 heterocycles. The summed E-state index contributed by atoms with van der Waals surface area (Å²) in [5.41, 5.74) is 0.644. The predicted molar refractivity (Wildman–Crippen MR) is 114 cm³/mol. The molecule has 0 amide bonds. The van der Waals surface area contributed by atoms with Crippen molar-refractivity contribution in [3.05, 3.63) is 80.6 Å². The summed E-state index contributed by atoms with van der Waals surface area (Å²) in [6.07, 6.45) is 0.290. The van der Waals surface area contributed by atoms with Gasteiger partial charge in [-0.25, -0.2) is 9.59 Å². The Labute approximate surface area is 173 Å². The topological polar surface area (TPSA) is 116 Å². The summed E-state index contributed by atoms with van der Waals surface area (Å²) in [6, 6.07) is 12.6. The number of fused-ring (bicyclic) bond motifs is 4. The van der Waals surface area contributed by atoms with Crippen molar-refractivity contribution in [2.45, 2.75) is 19.8 Å². The van der Waals surface area contributed by atoms with Gasteiger partial charge in [0.1, 0.15) is 22.3 Å². The van der Waals surface area contributed by atoms with Crippen molar-refractivity contribution in [3.63, 3.8) is 0 Å². The minimum atomic E-state index is -0.633. The maximum absolute atomic E-state index is 13.3. The number of benzene rings is 2. The summed E-state index contributed by atoms with van der Waals surface area (Å²) in [4.78, 5) is 37.9. The van der Waals surface area contributed by atoms with Crippen molar-refractivity contribution >= 4 is 38.7 Å². The molecule has 0 saturated heterocycles. The summed E-state index contributed by atoms with van der Waals surface area (Å²) in [5.74, 6) is -0.469. The van der Waals surface area contributed by atoms with Gasteiger partial charge in [0.05, 0.1) is 17.6 Å². The Morgan fingerprint density at radius 1 is 1.03 bits per heavy atom. The number of aromatic hydroxyl groups is 1. The Bertz CT molecular complexity index is 1620. The molecule has 8 heteroatoms. The second-order valence-electron chi connectivity index (χ2n) is 7.16. The molecule has 2 aromatic carbocycles. The Balaban J connectivity index is 1.72. The molecule has 0 spiro atoms. The fourth-order valence-electron chi connectivity index (χ4n) is 3.86. The molecule has 5 aromatic rings. The van der Waals surface area contributed by atoms with E-state index in [0.717, 1.165) is 0 Å². The first-order chi connectivity index (χ1) is 15.0. The highest BCUT2D eigenvalue weighted by Gasteiger charge is 2.22. The van der Waals surface area contributed by atoms with Crippen molar-refractivity contribution in [2.75, 3.05) is 0 Å². The molecular weight excluding hydrogens is 400 g/mol. The fourth-order valence-corrected chi connectivity index (χ4v) is 3.86. The van der Waals surface area contributed by atoms with Crippen LogP contribution in [0.25, 0.3) is 32.8 Å². The van der Waals surface area contributed by atoms with E-state index in [1.807, 2.05) is 6.92 Å². The van der Waals surface area contributed by atoms with E-state index in [1.54, 1.807) is 30.3 Å². The maximum atomic E-state index is 13.3. The average molecular weight is 416 g/mol. The smallest absolute Gasteiger partial charge is 0.347 e. The number of aromatic nitrogens is 2. The maximum Gasteiger partial charge on any atom is 0.347 e. The number of hydrogen-bond donors (Lipinski definition) is 1. The van der Waals surface area contributed by atoms with Crippen LogP contribution in [0, 0.1) is 0 Å². The molecule has 0 atom stereocenters. The average Bonchev–Trinajstić information content (AvgIpc) is 3.14. The second kappa shape index (κ2) is 6.94. The lowest BCUT2D eigenvalue weighted by Gasteiger charge is -2.07. The van der Waals surface area contributed by atoms with Crippen LogP contribution in [0.4, 0.5) is 0 Å². The van der Waals surface area contributed by atoms with Crippen LogP contribution in [0.1, 0.15) is 23.0 Å². The lowest BCUT2D eigenvalue weighted by atomic mass is 10.1. The molecule has 3 aromatic heterocycles. The lowest BCUT2D eigenvalue weighted by Crippen LogP contribution is -2.17. The largest absolute Gasteiger partial charge is 0.508 e. The first-order valence-electron chi connectivity index (χ1n) is 9.68. The zero-order valence-corrected chi connectivity index (χ0v) is 16.4. The monoisotopic (exact) mass is 416 g/mol. The van der Waals surface area contributed by atoms with Gasteiger partial charge in [0.25, 0.3) is 5.91 Å². The van der Waals surface area contributed by atoms with Crippen LogP contribution in [0.5, 0.6) is 5.75 Å². The van der Waals surface area contributed by atoms with Gasteiger partial charge in [-0.3, -0.25) is 4.79 Å². The summed E-state index contributed by atoms with van der Waals surface area (Å²) in [7, 11) is 0. The summed E-state index contributed by atoms with van der Waals surface area (Å²) in [5, 5.41) is 15.5. The van der Waals surface area contributed by atoms with Crippen molar-refractivity contribution < 1.29 is 18.7 Å². The normalized spacial score (nSPS) is 11.5.